The van der Waals surface area contributed by atoms with E-state index < -0.39 is 5.41 Å². The third-order valence-electron chi connectivity index (χ3n) is 4.35. The van der Waals surface area contributed by atoms with Gasteiger partial charge >= 0.3 is 0 Å². The molecule has 1 aliphatic rings. The lowest BCUT2D eigenvalue weighted by Gasteiger charge is -2.36. The highest BCUT2D eigenvalue weighted by molar-refractivity contribution is 5.98. The molecule has 0 saturated heterocycles. The third-order valence-corrected chi connectivity index (χ3v) is 4.35. The molecule has 1 heterocycles. The number of hydrogen-bond acceptors (Lipinski definition) is 2. The molecule has 0 aromatic heterocycles. The van der Waals surface area contributed by atoms with Crippen molar-refractivity contribution in [3.8, 4) is 0 Å². The zero-order chi connectivity index (χ0) is 14.0. The van der Waals surface area contributed by atoms with Crippen LogP contribution in [0.3, 0.4) is 0 Å². The lowest BCUT2D eigenvalue weighted by atomic mass is 9.85. The Kier molecular flexibility index (Phi) is 3.95. The zero-order valence-electron chi connectivity index (χ0n) is 12.2. The highest BCUT2D eigenvalue weighted by atomic mass is 16.2. The van der Waals surface area contributed by atoms with Crippen molar-refractivity contribution in [2.24, 2.45) is 11.1 Å². The average molecular weight is 260 g/mol. The number of amides is 1. The van der Waals surface area contributed by atoms with Crippen molar-refractivity contribution in [2.75, 3.05) is 18.0 Å². The Labute approximate surface area is 115 Å². The van der Waals surface area contributed by atoms with Crippen LogP contribution < -0.4 is 10.6 Å². The van der Waals surface area contributed by atoms with E-state index in [2.05, 4.69) is 25.1 Å². The van der Waals surface area contributed by atoms with Crippen LogP contribution in [0.15, 0.2) is 18.2 Å². The first-order chi connectivity index (χ1) is 9.01. The first kappa shape index (κ1) is 14.1. The van der Waals surface area contributed by atoms with Gasteiger partial charge in [-0.2, -0.15) is 0 Å². The van der Waals surface area contributed by atoms with E-state index in [0.29, 0.717) is 6.54 Å². The van der Waals surface area contributed by atoms with Crippen LogP contribution in [0.5, 0.6) is 0 Å². The third kappa shape index (κ3) is 2.52. The summed E-state index contributed by atoms with van der Waals surface area (Å²) >= 11 is 0. The van der Waals surface area contributed by atoms with Gasteiger partial charge in [0.2, 0.25) is 5.91 Å². The molecule has 1 aromatic carbocycles. The largest absolute Gasteiger partial charge is 0.329 e. The maximum absolute atomic E-state index is 12.8. The fraction of sp³-hybridized carbons (Fsp3) is 0.562. The van der Waals surface area contributed by atoms with Crippen LogP contribution in [0.25, 0.3) is 0 Å². The number of aryl methyl sites for hydroxylation is 2. The van der Waals surface area contributed by atoms with Gasteiger partial charge in [0.25, 0.3) is 0 Å². The van der Waals surface area contributed by atoms with E-state index in [1.54, 1.807) is 0 Å². The topological polar surface area (TPSA) is 46.3 Å². The summed E-state index contributed by atoms with van der Waals surface area (Å²) in [6.45, 7) is 7.31. The number of nitrogens with zero attached hydrogens (tertiary/aromatic N) is 1. The quantitative estimate of drug-likeness (QED) is 0.908. The van der Waals surface area contributed by atoms with Gasteiger partial charge < -0.3 is 10.6 Å². The van der Waals surface area contributed by atoms with Gasteiger partial charge in [0.05, 0.1) is 5.41 Å². The fourth-order valence-electron chi connectivity index (χ4n) is 2.65. The van der Waals surface area contributed by atoms with E-state index in [4.69, 9.17) is 5.73 Å². The average Bonchev–Trinajstić information content (AvgIpc) is 2.44. The molecular weight excluding hydrogens is 236 g/mol. The molecule has 0 aliphatic carbocycles. The number of carbonyl (C=O) groups is 1. The lowest BCUT2D eigenvalue weighted by Crippen LogP contribution is -2.48. The van der Waals surface area contributed by atoms with Crippen molar-refractivity contribution in [3.05, 3.63) is 29.3 Å². The van der Waals surface area contributed by atoms with E-state index in [0.717, 1.165) is 31.5 Å². The molecule has 104 valence electrons. The Morgan fingerprint density at radius 3 is 2.84 bits per heavy atom. The molecule has 19 heavy (non-hydrogen) atoms. The second-order valence-corrected chi connectivity index (χ2v) is 5.81. The molecule has 3 nitrogen and oxygen atoms in total. The normalized spacial score (nSPS) is 17.8. The fourth-order valence-corrected chi connectivity index (χ4v) is 2.65. The molecule has 1 atom stereocenters. The van der Waals surface area contributed by atoms with Crippen molar-refractivity contribution in [2.45, 2.75) is 40.0 Å². The number of anilines is 1. The number of carbonyl (C=O) groups excluding carboxylic acids is 1. The minimum Gasteiger partial charge on any atom is -0.329 e. The molecule has 0 radical (unpaired) electrons. The number of hydrogen-bond donors (Lipinski definition) is 1. The van der Waals surface area contributed by atoms with Gasteiger partial charge in [-0.1, -0.05) is 24.6 Å². The second-order valence-electron chi connectivity index (χ2n) is 5.81. The summed E-state index contributed by atoms with van der Waals surface area (Å²) in [6.07, 6.45) is 2.87. The minimum atomic E-state index is -0.445. The summed E-state index contributed by atoms with van der Waals surface area (Å²) in [5.74, 6) is 0.169. The molecule has 0 fully saturated rings. The second kappa shape index (κ2) is 5.33. The predicted molar refractivity (Wildman–Crippen MR) is 79.3 cm³/mol. The van der Waals surface area contributed by atoms with E-state index in [-0.39, 0.29) is 5.91 Å². The summed E-state index contributed by atoms with van der Waals surface area (Å²) in [6, 6.07) is 6.35. The molecule has 1 amide bonds. The summed E-state index contributed by atoms with van der Waals surface area (Å²) < 4.78 is 0. The Hall–Kier alpha value is -1.35. The van der Waals surface area contributed by atoms with Gasteiger partial charge in [0.1, 0.15) is 0 Å². The van der Waals surface area contributed by atoms with Crippen molar-refractivity contribution >= 4 is 11.6 Å². The highest BCUT2D eigenvalue weighted by Crippen LogP contribution is 2.32. The summed E-state index contributed by atoms with van der Waals surface area (Å²) in [5.41, 5.74) is 9.00. The van der Waals surface area contributed by atoms with Crippen LogP contribution in [0.1, 0.15) is 37.8 Å². The van der Waals surface area contributed by atoms with Gasteiger partial charge in [-0.25, -0.2) is 0 Å². The molecule has 1 aromatic rings. The predicted octanol–water partition coefficient (Wildman–Crippen LogP) is 2.65. The molecule has 2 N–H and O–H groups in total. The maximum atomic E-state index is 12.8. The van der Waals surface area contributed by atoms with Crippen LogP contribution in [-0.4, -0.2) is 19.0 Å². The van der Waals surface area contributed by atoms with Crippen molar-refractivity contribution in [3.63, 3.8) is 0 Å². The van der Waals surface area contributed by atoms with Gasteiger partial charge in [-0.05, 0) is 44.7 Å². The van der Waals surface area contributed by atoms with Crippen LogP contribution in [0, 0.1) is 12.3 Å². The van der Waals surface area contributed by atoms with E-state index >= 15 is 0 Å². The molecule has 0 bridgehead atoms. The Balaban J connectivity index is 2.36. The molecule has 2 rings (SSSR count). The highest BCUT2D eigenvalue weighted by Gasteiger charge is 2.35. The van der Waals surface area contributed by atoms with Crippen LogP contribution in [-0.2, 0) is 11.2 Å². The molecule has 1 aliphatic heterocycles. The van der Waals surface area contributed by atoms with Crippen LogP contribution >= 0.6 is 0 Å². The standard InChI is InChI=1S/C16H24N2O/c1-4-16(3,11-17)15(19)18-9-5-6-13-10-12(2)7-8-14(13)18/h7-8,10H,4-6,9,11,17H2,1-3H3. The molecule has 0 spiro atoms. The van der Waals surface area contributed by atoms with Crippen LogP contribution in [0.2, 0.25) is 0 Å². The number of nitrogens with two attached hydrogens (primary N) is 1. The minimum absolute atomic E-state index is 0.169. The first-order valence-electron chi connectivity index (χ1n) is 7.13. The molecule has 0 saturated carbocycles. The van der Waals surface area contributed by atoms with Crippen molar-refractivity contribution < 1.29 is 4.79 Å². The lowest BCUT2D eigenvalue weighted by molar-refractivity contribution is -0.127. The number of rotatable bonds is 3. The summed E-state index contributed by atoms with van der Waals surface area (Å²) in [5, 5.41) is 0. The van der Waals surface area contributed by atoms with Crippen LogP contribution in [0.4, 0.5) is 5.69 Å². The Morgan fingerprint density at radius 2 is 2.21 bits per heavy atom. The van der Waals surface area contributed by atoms with E-state index in [9.17, 15) is 4.79 Å². The van der Waals surface area contributed by atoms with Crippen molar-refractivity contribution in [1.29, 1.82) is 0 Å². The van der Waals surface area contributed by atoms with E-state index in [1.165, 1.54) is 11.1 Å². The first-order valence-corrected chi connectivity index (χ1v) is 7.13. The molecule has 1 unspecified atom stereocenters. The monoisotopic (exact) mass is 260 g/mol. The Morgan fingerprint density at radius 1 is 1.47 bits per heavy atom. The summed E-state index contributed by atoms with van der Waals surface area (Å²) in [7, 11) is 0. The van der Waals surface area contributed by atoms with Gasteiger partial charge in [-0.15, -0.1) is 0 Å². The SMILES string of the molecule is CCC(C)(CN)C(=O)N1CCCc2cc(C)ccc21. The smallest absolute Gasteiger partial charge is 0.234 e. The molecule has 3 heteroatoms. The maximum Gasteiger partial charge on any atom is 0.234 e. The number of benzene rings is 1. The Bertz CT molecular complexity index is 478. The summed E-state index contributed by atoms with van der Waals surface area (Å²) in [4.78, 5) is 14.7. The zero-order valence-corrected chi connectivity index (χ0v) is 12.2. The van der Waals surface area contributed by atoms with Crippen molar-refractivity contribution in [1.82, 2.24) is 0 Å². The van der Waals surface area contributed by atoms with E-state index in [1.807, 2.05) is 18.7 Å². The molecular formula is C16H24N2O. The van der Waals surface area contributed by atoms with Gasteiger partial charge in [0, 0.05) is 18.8 Å². The van der Waals surface area contributed by atoms with Gasteiger partial charge in [-0.3, -0.25) is 4.79 Å². The van der Waals surface area contributed by atoms with Gasteiger partial charge in [0.15, 0.2) is 0 Å². The number of fused-ring (bicyclic) bond motifs is 1.